The lowest BCUT2D eigenvalue weighted by molar-refractivity contribution is 0.104. The number of carbonyl (C=O) groups is 1. The summed E-state index contributed by atoms with van der Waals surface area (Å²) in [7, 11) is -1.40. The second-order valence-electron chi connectivity index (χ2n) is 6.51. The first-order chi connectivity index (χ1) is 12.3. The fraction of sp³-hybridized carbons (Fsp3) is 0.368. The average Bonchev–Trinajstić information content (AvgIpc) is 3.12. The molecule has 1 aliphatic heterocycles. The smallest absolute Gasteiger partial charge is 0.185 e. The van der Waals surface area contributed by atoms with Crippen molar-refractivity contribution in [1.29, 1.82) is 0 Å². The standard InChI is InChI=1S/C19H22N2O4S/c1-13-18(8-9-19(22)15-4-6-17(25-3)7-5-15)14(2)21(20-13)16-10-11-26(23,24)12-16/h4-9,16H,10-12H2,1-3H3/b9-8+/t16-/m0/s1. The maximum Gasteiger partial charge on any atom is 0.185 e. The van der Waals surface area contributed by atoms with Crippen molar-refractivity contribution in [1.82, 2.24) is 9.78 Å². The van der Waals surface area contributed by atoms with E-state index >= 15 is 0 Å². The molecule has 7 heteroatoms. The van der Waals surface area contributed by atoms with Gasteiger partial charge in [0.25, 0.3) is 0 Å². The van der Waals surface area contributed by atoms with E-state index in [-0.39, 0.29) is 23.3 Å². The van der Waals surface area contributed by atoms with Gasteiger partial charge in [0.15, 0.2) is 15.6 Å². The largest absolute Gasteiger partial charge is 0.497 e. The molecule has 1 fully saturated rings. The molecule has 0 radical (unpaired) electrons. The van der Waals surface area contributed by atoms with E-state index < -0.39 is 9.84 Å². The van der Waals surface area contributed by atoms with Gasteiger partial charge in [-0.25, -0.2) is 8.42 Å². The third-order valence-corrected chi connectivity index (χ3v) is 6.46. The molecular weight excluding hydrogens is 352 g/mol. The molecule has 0 aliphatic carbocycles. The highest BCUT2D eigenvalue weighted by atomic mass is 32.2. The number of sulfone groups is 1. The van der Waals surface area contributed by atoms with E-state index in [0.717, 1.165) is 17.0 Å². The Morgan fingerprint density at radius 1 is 1.27 bits per heavy atom. The predicted molar refractivity (Wildman–Crippen MR) is 100 cm³/mol. The molecule has 0 bridgehead atoms. The zero-order valence-corrected chi connectivity index (χ0v) is 15.9. The third kappa shape index (κ3) is 3.72. The van der Waals surface area contributed by atoms with Gasteiger partial charge in [0, 0.05) is 16.8 Å². The Morgan fingerprint density at radius 2 is 1.96 bits per heavy atom. The van der Waals surface area contributed by atoms with Gasteiger partial charge in [0.2, 0.25) is 0 Å². The molecule has 0 N–H and O–H groups in total. The molecule has 1 atom stereocenters. The SMILES string of the molecule is COc1ccc(C(=O)/C=C/c2c(C)nn([C@H]3CCS(=O)(=O)C3)c2C)cc1. The van der Waals surface area contributed by atoms with Crippen LogP contribution in [0.3, 0.4) is 0 Å². The van der Waals surface area contributed by atoms with Gasteiger partial charge in [-0.2, -0.15) is 5.10 Å². The number of hydrogen-bond donors (Lipinski definition) is 0. The number of hydrogen-bond acceptors (Lipinski definition) is 5. The number of rotatable bonds is 5. The normalized spacial score (nSPS) is 19.1. The van der Waals surface area contributed by atoms with Gasteiger partial charge in [-0.3, -0.25) is 9.48 Å². The minimum atomic E-state index is -2.97. The van der Waals surface area contributed by atoms with Crippen LogP contribution >= 0.6 is 0 Å². The molecule has 1 aromatic carbocycles. The van der Waals surface area contributed by atoms with Gasteiger partial charge in [-0.15, -0.1) is 0 Å². The summed E-state index contributed by atoms with van der Waals surface area (Å²) in [6.45, 7) is 3.77. The van der Waals surface area contributed by atoms with Crippen molar-refractivity contribution in [3.8, 4) is 5.75 Å². The number of aromatic nitrogens is 2. The lowest BCUT2D eigenvalue weighted by Crippen LogP contribution is -2.13. The minimum Gasteiger partial charge on any atom is -0.497 e. The summed E-state index contributed by atoms with van der Waals surface area (Å²) in [4.78, 5) is 12.4. The molecular formula is C19H22N2O4S. The summed E-state index contributed by atoms with van der Waals surface area (Å²) in [5, 5.41) is 4.50. The summed E-state index contributed by atoms with van der Waals surface area (Å²) in [5.74, 6) is 0.924. The van der Waals surface area contributed by atoms with Gasteiger partial charge in [0.1, 0.15) is 5.75 Å². The lowest BCUT2D eigenvalue weighted by atomic mass is 10.1. The van der Waals surface area contributed by atoms with E-state index in [2.05, 4.69) is 5.10 Å². The molecule has 0 spiro atoms. The molecule has 0 amide bonds. The molecule has 6 nitrogen and oxygen atoms in total. The summed E-state index contributed by atoms with van der Waals surface area (Å²) in [5.41, 5.74) is 3.09. The highest BCUT2D eigenvalue weighted by molar-refractivity contribution is 7.91. The molecule has 0 unspecified atom stereocenters. The Labute approximate surface area is 153 Å². The number of ether oxygens (including phenoxy) is 1. The molecule has 0 saturated carbocycles. The van der Waals surface area contributed by atoms with Crippen LogP contribution in [0.4, 0.5) is 0 Å². The van der Waals surface area contributed by atoms with Crippen LogP contribution in [0.2, 0.25) is 0 Å². The molecule has 2 heterocycles. The lowest BCUT2D eigenvalue weighted by Gasteiger charge is -2.10. The number of nitrogens with zero attached hydrogens (tertiary/aromatic N) is 2. The van der Waals surface area contributed by atoms with Crippen molar-refractivity contribution in [3.63, 3.8) is 0 Å². The molecule has 1 aliphatic rings. The Morgan fingerprint density at radius 3 is 2.54 bits per heavy atom. The Bertz CT molecular complexity index is 956. The van der Waals surface area contributed by atoms with Crippen LogP contribution in [0.1, 0.15) is 39.8 Å². The van der Waals surface area contributed by atoms with Crippen molar-refractivity contribution in [3.05, 3.63) is 52.9 Å². The van der Waals surface area contributed by atoms with E-state index in [0.29, 0.717) is 17.7 Å². The fourth-order valence-electron chi connectivity index (χ4n) is 3.25. The predicted octanol–water partition coefficient (Wildman–Crippen LogP) is 2.76. The quantitative estimate of drug-likeness (QED) is 0.594. The number of benzene rings is 1. The third-order valence-electron chi connectivity index (χ3n) is 4.71. The summed E-state index contributed by atoms with van der Waals surface area (Å²) in [6.07, 6.45) is 3.86. The molecule has 3 rings (SSSR count). The van der Waals surface area contributed by atoms with Gasteiger partial charge in [-0.05, 0) is 56.7 Å². The Hall–Kier alpha value is -2.41. The average molecular weight is 374 g/mol. The van der Waals surface area contributed by atoms with Crippen LogP contribution in [0.25, 0.3) is 6.08 Å². The van der Waals surface area contributed by atoms with E-state index in [1.807, 2.05) is 13.8 Å². The van der Waals surface area contributed by atoms with Gasteiger partial charge in [0.05, 0.1) is 30.4 Å². The van der Waals surface area contributed by atoms with Crippen LogP contribution in [0.15, 0.2) is 30.3 Å². The number of methoxy groups -OCH3 is 1. The first kappa shape index (κ1) is 18.4. The summed E-state index contributed by atoms with van der Waals surface area (Å²) in [6, 6.07) is 6.81. The van der Waals surface area contributed by atoms with Gasteiger partial charge >= 0.3 is 0 Å². The van der Waals surface area contributed by atoms with Gasteiger partial charge < -0.3 is 4.74 Å². The molecule has 2 aromatic rings. The maximum atomic E-state index is 12.4. The number of carbonyl (C=O) groups excluding carboxylic acids is 1. The topological polar surface area (TPSA) is 78.3 Å². The molecule has 1 saturated heterocycles. The van der Waals surface area contributed by atoms with Crippen LogP contribution < -0.4 is 4.74 Å². The van der Waals surface area contributed by atoms with Gasteiger partial charge in [-0.1, -0.05) is 0 Å². The molecule has 138 valence electrons. The van der Waals surface area contributed by atoms with Crippen molar-refractivity contribution in [2.75, 3.05) is 18.6 Å². The number of aryl methyl sites for hydroxylation is 1. The summed E-state index contributed by atoms with van der Waals surface area (Å²) < 4.78 is 30.3. The van der Waals surface area contributed by atoms with Crippen molar-refractivity contribution in [2.45, 2.75) is 26.3 Å². The second kappa shape index (κ2) is 7.07. The summed E-state index contributed by atoms with van der Waals surface area (Å²) >= 11 is 0. The highest BCUT2D eigenvalue weighted by Crippen LogP contribution is 2.27. The first-order valence-electron chi connectivity index (χ1n) is 8.43. The van der Waals surface area contributed by atoms with Crippen molar-refractivity contribution in [2.24, 2.45) is 0 Å². The maximum absolute atomic E-state index is 12.4. The Kier molecular flexibility index (Phi) is 5.00. The number of ketones is 1. The first-order valence-corrected chi connectivity index (χ1v) is 10.3. The minimum absolute atomic E-state index is 0.109. The van der Waals surface area contributed by atoms with Crippen molar-refractivity contribution < 1.29 is 17.9 Å². The highest BCUT2D eigenvalue weighted by Gasteiger charge is 2.31. The van der Waals surface area contributed by atoms with E-state index in [9.17, 15) is 13.2 Å². The van der Waals surface area contributed by atoms with Crippen LogP contribution in [0, 0.1) is 13.8 Å². The zero-order valence-electron chi connectivity index (χ0n) is 15.1. The Balaban J connectivity index is 1.81. The van der Waals surface area contributed by atoms with E-state index in [1.165, 1.54) is 6.08 Å². The van der Waals surface area contributed by atoms with Crippen LogP contribution in [-0.2, 0) is 9.84 Å². The molecule has 26 heavy (non-hydrogen) atoms. The van der Waals surface area contributed by atoms with E-state index in [1.54, 1.807) is 42.1 Å². The fourth-order valence-corrected chi connectivity index (χ4v) is 4.94. The molecule has 1 aromatic heterocycles. The van der Waals surface area contributed by atoms with Crippen molar-refractivity contribution >= 4 is 21.7 Å². The second-order valence-corrected chi connectivity index (χ2v) is 8.74. The van der Waals surface area contributed by atoms with E-state index in [4.69, 9.17) is 4.74 Å². The van der Waals surface area contributed by atoms with Crippen LogP contribution in [-0.4, -0.2) is 42.6 Å². The monoisotopic (exact) mass is 374 g/mol. The zero-order chi connectivity index (χ0) is 18.9. The van der Waals surface area contributed by atoms with Crippen LogP contribution in [0.5, 0.6) is 5.75 Å². The number of allylic oxidation sites excluding steroid dienone is 1.